The van der Waals surface area contributed by atoms with E-state index in [4.69, 9.17) is 38.4 Å². The number of aromatic nitrogens is 1. The lowest BCUT2D eigenvalue weighted by atomic mass is 9.78. The summed E-state index contributed by atoms with van der Waals surface area (Å²) in [5.74, 6) is -3.42. The largest absolute Gasteiger partial charge is 0.493 e. The van der Waals surface area contributed by atoms with Crippen LogP contribution in [0, 0.1) is 0 Å². The highest BCUT2D eigenvalue weighted by atomic mass is 35.5. The summed E-state index contributed by atoms with van der Waals surface area (Å²) in [5.41, 5.74) is 4.61. The van der Waals surface area contributed by atoms with Crippen molar-refractivity contribution in [3.63, 3.8) is 0 Å². The van der Waals surface area contributed by atoms with Gasteiger partial charge in [-0.05, 0) is 23.8 Å². The fraction of sp³-hybridized carbons (Fsp3) is 0.350. The van der Waals surface area contributed by atoms with Crippen LogP contribution in [-0.4, -0.2) is 42.3 Å². The molecular weight excluding hydrogens is 439 g/mol. The number of aliphatic imine (C=N–C) groups is 1. The third-order valence-electron chi connectivity index (χ3n) is 5.12. The second-order valence-electron chi connectivity index (χ2n) is 7.17. The number of amidine groups is 1. The van der Waals surface area contributed by atoms with Crippen molar-refractivity contribution in [1.29, 1.82) is 0 Å². The average Bonchev–Trinajstić information content (AvgIpc) is 2.78. The molecule has 10 heteroatoms. The smallest absolute Gasteiger partial charge is 0.299 e. The molecule has 2 aromatic rings. The van der Waals surface area contributed by atoms with Gasteiger partial charge in [0.15, 0.2) is 11.3 Å². The van der Waals surface area contributed by atoms with Gasteiger partial charge in [-0.15, -0.1) is 0 Å². The Morgan fingerprint density at radius 1 is 1.27 bits per heavy atom. The van der Waals surface area contributed by atoms with Crippen LogP contribution in [0.15, 0.2) is 35.5 Å². The Kier molecular flexibility index (Phi) is 5.42. The number of fused-ring (bicyclic) bond motifs is 2. The predicted molar refractivity (Wildman–Crippen MR) is 108 cm³/mol. The molecule has 30 heavy (non-hydrogen) atoms. The molecule has 0 unspecified atom stereocenters. The number of hydrogen-bond donors (Lipinski definition) is 1. The lowest BCUT2D eigenvalue weighted by Gasteiger charge is -2.40. The van der Waals surface area contributed by atoms with E-state index < -0.39 is 18.1 Å². The molecule has 0 bridgehead atoms. The van der Waals surface area contributed by atoms with Crippen LogP contribution in [-0.2, 0) is 16.7 Å². The van der Waals surface area contributed by atoms with Gasteiger partial charge < -0.3 is 15.2 Å². The zero-order chi connectivity index (χ0) is 21.5. The van der Waals surface area contributed by atoms with Gasteiger partial charge in [0, 0.05) is 24.6 Å². The number of ether oxygens (including phenoxy) is 2. The van der Waals surface area contributed by atoms with Crippen LogP contribution in [0.2, 0.25) is 10.0 Å². The summed E-state index contributed by atoms with van der Waals surface area (Å²) < 4.78 is 40.9. The lowest BCUT2D eigenvalue weighted by Crippen LogP contribution is -2.49. The molecule has 3 heterocycles. The van der Waals surface area contributed by atoms with Crippen molar-refractivity contribution in [2.24, 2.45) is 10.7 Å². The Balaban J connectivity index is 1.74. The van der Waals surface area contributed by atoms with Crippen molar-refractivity contribution >= 4 is 34.8 Å². The number of nitrogens with two attached hydrogens (primary N) is 1. The van der Waals surface area contributed by atoms with Crippen LogP contribution >= 0.6 is 23.2 Å². The molecule has 158 valence electrons. The number of benzene rings is 1. The monoisotopic (exact) mass is 455 g/mol. The molecule has 4 rings (SSSR count). The summed E-state index contributed by atoms with van der Waals surface area (Å²) in [5, 5.41) is 0.424. The molecule has 0 saturated heterocycles. The fourth-order valence-electron chi connectivity index (χ4n) is 3.73. The van der Waals surface area contributed by atoms with Crippen molar-refractivity contribution in [3.8, 4) is 5.75 Å². The minimum atomic E-state index is -3.31. The summed E-state index contributed by atoms with van der Waals surface area (Å²) in [7, 11) is 0. The molecule has 1 atom stereocenters. The number of alkyl halides is 2. The van der Waals surface area contributed by atoms with Gasteiger partial charge in [-0.2, -0.15) is 0 Å². The highest BCUT2D eigenvalue weighted by molar-refractivity contribution is 6.36. The minimum Gasteiger partial charge on any atom is -0.493 e. The standard InChI is InChI=1S/C20H17Cl2F2N3O3/c21-12-7-14(22)18(26-8-12)15(28)6-11-1-2-16-13(5-11)19(3-4-30-16)20(23,24)10-29-9-17(25)27-19/h1-2,5,7-8H,3-4,6,9-10H2,(H2,25,27)/t19-/m1/s1. The number of ketones is 1. The van der Waals surface area contributed by atoms with Gasteiger partial charge in [0.1, 0.15) is 30.5 Å². The van der Waals surface area contributed by atoms with Crippen LogP contribution in [0.5, 0.6) is 5.75 Å². The molecule has 0 amide bonds. The Morgan fingerprint density at radius 3 is 2.83 bits per heavy atom. The molecule has 2 aliphatic rings. The average molecular weight is 456 g/mol. The maximum absolute atomic E-state index is 15.2. The third-order valence-corrected chi connectivity index (χ3v) is 5.62. The van der Waals surface area contributed by atoms with Crippen LogP contribution < -0.4 is 10.5 Å². The van der Waals surface area contributed by atoms with E-state index in [1.54, 1.807) is 12.1 Å². The molecule has 0 radical (unpaired) electrons. The zero-order valence-electron chi connectivity index (χ0n) is 15.6. The Morgan fingerprint density at radius 2 is 2.07 bits per heavy atom. The van der Waals surface area contributed by atoms with E-state index in [0.29, 0.717) is 10.6 Å². The number of carbonyl (C=O) groups is 1. The van der Waals surface area contributed by atoms with Crippen molar-refractivity contribution in [2.75, 3.05) is 19.8 Å². The van der Waals surface area contributed by atoms with Crippen LogP contribution in [0.3, 0.4) is 0 Å². The van der Waals surface area contributed by atoms with Crippen LogP contribution in [0.1, 0.15) is 28.0 Å². The van der Waals surface area contributed by atoms with Crippen molar-refractivity contribution in [1.82, 2.24) is 4.98 Å². The van der Waals surface area contributed by atoms with Gasteiger partial charge in [0.25, 0.3) is 5.92 Å². The van der Waals surface area contributed by atoms with Crippen LogP contribution in [0.4, 0.5) is 8.78 Å². The first-order valence-corrected chi connectivity index (χ1v) is 9.88. The van der Waals surface area contributed by atoms with E-state index in [-0.39, 0.29) is 59.7 Å². The first kappa shape index (κ1) is 21.0. The van der Waals surface area contributed by atoms with E-state index in [1.165, 1.54) is 18.3 Å². The molecule has 1 aromatic heterocycles. The maximum Gasteiger partial charge on any atom is 0.299 e. The predicted octanol–water partition coefficient (Wildman–Crippen LogP) is 3.81. The Hall–Kier alpha value is -2.29. The van der Waals surface area contributed by atoms with Gasteiger partial charge in [-0.3, -0.25) is 9.79 Å². The van der Waals surface area contributed by atoms with E-state index in [0.717, 1.165) is 0 Å². The first-order chi connectivity index (χ1) is 14.2. The molecule has 1 aromatic carbocycles. The highest BCUT2D eigenvalue weighted by Gasteiger charge is 2.58. The summed E-state index contributed by atoms with van der Waals surface area (Å²) in [6, 6.07) is 6.12. The van der Waals surface area contributed by atoms with Gasteiger partial charge in [0.2, 0.25) is 0 Å². The first-order valence-electron chi connectivity index (χ1n) is 9.12. The maximum atomic E-state index is 15.2. The third kappa shape index (κ3) is 3.64. The molecule has 2 aliphatic heterocycles. The Bertz CT molecular complexity index is 1050. The summed E-state index contributed by atoms with van der Waals surface area (Å²) >= 11 is 11.9. The van der Waals surface area contributed by atoms with Gasteiger partial charge in [-0.1, -0.05) is 29.3 Å². The molecule has 6 nitrogen and oxygen atoms in total. The molecule has 1 spiro atoms. The Labute approximate surface area is 181 Å². The van der Waals surface area contributed by atoms with E-state index in [2.05, 4.69) is 9.98 Å². The molecular formula is C20H17Cl2F2N3O3. The number of hydrogen-bond acceptors (Lipinski definition) is 6. The van der Waals surface area contributed by atoms with Crippen molar-refractivity contribution in [3.05, 3.63) is 57.3 Å². The molecule has 0 saturated carbocycles. The number of halogens is 4. The van der Waals surface area contributed by atoms with E-state index in [9.17, 15) is 4.79 Å². The molecule has 0 aliphatic carbocycles. The summed E-state index contributed by atoms with van der Waals surface area (Å²) in [4.78, 5) is 20.8. The second kappa shape index (κ2) is 7.76. The topological polar surface area (TPSA) is 86.8 Å². The summed E-state index contributed by atoms with van der Waals surface area (Å²) in [6.45, 7) is -0.932. The number of Topliss-reactive ketones (excluding diaryl/α,β-unsaturated/α-hetero) is 1. The molecule has 0 fully saturated rings. The van der Waals surface area contributed by atoms with E-state index >= 15 is 8.78 Å². The normalized spacial score (nSPS) is 22.6. The van der Waals surface area contributed by atoms with Gasteiger partial charge in [-0.25, -0.2) is 13.8 Å². The summed E-state index contributed by atoms with van der Waals surface area (Å²) in [6.07, 6.45) is 1.15. The molecule has 2 N–H and O–H groups in total. The van der Waals surface area contributed by atoms with Gasteiger partial charge >= 0.3 is 0 Å². The van der Waals surface area contributed by atoms with Crippen molar-refractivity contribution in [2.45, 2.75) is 24.3 Å². The minimum absolute atomic E-state index is 0.0151. The van der Waals surface area contributed by atoms with Gasteiger partial charge in [0.05, 0.1) is 16.7 Å². The lowest BCUT2D eigenvalue weighted by molar-refractivity contribution is -0.129. The highest BCUT2D eigenvalue weighted by Crippen LogP contribution is 2.50. The fourth-order valence-corrected chi connectivity index (χ4v) is 4.21. The number of pyridine rings is 1. The van der Waals surface area contributed by atoms with Crippen LogP contribution in [0.25, 0.3) is 0 Å². The number of nitrogens with zero attached hydrogens (tertiary/aromatic N) is 2. The number of rotatable bonds is 3. The zero-order valence-corrected chi connectivity index (χ0v) is 17.1. The number of carbonyl (C=O) groups excluding carboxylic acids is 1. The van der Waals surface area contributed by atoms with Crippen molar-refractivity contribution < 1.29 is 23.0 Å². The van der Waals surface area contributed by atoms with E-state index in [1.807, 2.05) is 0 Å². The SMILES string of the molecule is NC1=N[C@@]2(CCOc3ccc(CC(=O)c4ncc(Cl)cc4Cl)cc32)C(F)(F)COC1. The second-order valence-corrected chi connectivity index (χ2v) is 8.02. The quantitative estimate of drug-likeness (QED) is 0.710.